The molecule has 2 amide bonds. The molecule has 1 heterocycles. The van der Waals surface area contributed by atoms with Gasteiger partial charge in [-0.05, 0) is 16.7 Å². The fraction of sp³-hybridized carbons (Fsp3) is 0.263. The lowest BCUT2D eigenvalue weighted by molar-refractivity contribution is -0.137. The monoisotopic (exact) mass is 340 g/mol. The third-order valence-corrected chi connectivity index (χ3v) is 5.00. The molecule has 1 aliphatic heterocycles. The topological polar surface area (TPSA) is 40.6 Å². The van der Waals surface area contributed by atoms with E-state index >= 15 is 0 Å². The molecule has 0 atom stereocenters. The van der Waals surface area contributed by atoms with E-state index < -0.39 is 0 Å². The summed E-state index contributed by atoms with van der Waals surface area (Å²) in [6, 6.07) is 18.4. The Balaban J connectivity index is 1.59. The number of thioether (sulfide) groups is 1. The lowest BCUT2D eigenvalue weighted by Crippen LogP contribution is -2.38. The van der Waals surface area contributed by atoms with Crippen molar-refractivity contribution in [3.63, 3.8) is 0 Å². The molecule has 0 saturated carbocycles. The molecule has 24 heavy (non-hydrogen) atoms. The minimum atomic E-state index is -0.0296. The Bertz CT molecular complexity index is 716. The van der Waals surface area contributed by atoms with Crippen LogP contribution in [0.2, 0.25) is 0 Å². The van der Waals surface area contributed by atoms with Crippen molar-refractivity contribution in [1.29, 1.82) is 0 Å². The normalized spacial score (nSPS) is 14.0. The zero-order valence-electron chi connectivity index (χ0n) is 13.6. The van der Waals surface area contributed by atoms with Gasteiger partial charge in [-0.15, -0.1) is 11.8 Å². The van der Waals surface area contributed by atoms with Crippen LogP contribution in [0.3, 0.4) is 0 Å². The van der Waals surface area contributed by atoms with Crippen LogP contribution in [-0.2, 0) is 16.1 Å². The van der Waals surface area contributed by atoms with Gasteiger partial charge in [-0.2, -0.15) is 0 Å². The zero-order chi connectivity index (χ0) is 16.9. The summed E-state index contributed by atoms with van der Waals surface area (Å²) in [4.78, 5) is 27.1. The molecule has 1 fully saturated rings. The Labute approximate surface area is 146 Å². The summed E-state index contributed by atoms with van der Waals surface area (Å²) in [5, 5.41) is 0. The van der Waals surface area contributed by atoms with Crippen molar-refractivity contribution in [2.75, 3.05) is 25.2 Å². The second-order valence-corrected chi connectivity index (χ2v) is 6.84. The van der Waals surface area contributed by atoms with Gasteiger partial charge >= 0.3 is 0 Å². The van der Waals surface area contributed by atoms with E-state index in [0.29, 0.717) is 18.2 Å². The van der Waals surface area contributed by atoms with Crippen molar-refractivity contribution in [3.05, 3.63) is 60.2 Å². The molecule has 3 rings (SSSR count). The van der Waals surface area contributed by atoms with Crippen molar-refractivity contribution < 1.29 is 9.59 Å². The second-order valence-electron chi connectivity index (χ2n) is 5.88. The zero-order valence-corrected chi connectivity index (χ0v) is 14.5. The van der Waals surface area contributed by atoms with E-state index in [0.717, 1.165) is 11.1 Å². The van der Waals surface area contributed by atoms with Gasteiger partial charge in [0.25, 0.3) is 0 Å². The SMILES string of the molecule is CN(Cc1ccc(-c2ccccc2)cc1)C(=O)CN1CSCC1=O. The van der Waals surface area contributed by atoms with Crippen molar-refractivity contribution in [3.8, 4) is 11.1 Å². The number of carbonyl (C=O) groups excluding carboxylic acids is 2. The quantitative estimate of drug-likeness (QED) is 0.840. The minimum absolute atomic E-state index is 0.0296. The number of likely N-dealkylation sites (N-methyl/N-ethyl adjacent to an activating group) is 1. The molecule has 124 valence electrons. The largest absolute Gasteiger partial charge is 0.340 e. The van der Waals surface area contributed by atoms with Crippen LogP contribution >= 0.6 is 11.8 Å². The van der Waals surface area contributed by atoms with E-state index in [4.69, 9.17) is 0 Å². The molecule has 5 heteroatoms. The average Bonchev–Trinajstić information content (AvgIpc) is 3.01. The minimum Gasteiger partial charge on any atom is -0.340 e. The Kier molecular flexibility index (Phi) is 5.20. The fourth-order valence-corrected chi connectivity index (χ4v) is 3.52. The molecular weight excluding hydrogens is 320 g/mol. The smallest absolute Gasteiger partial charge is 0.242 e. The second kappa shape index (κ2) is 7.53. The van der Waals surface area contributed by atoms with Gasteiger partial charge in [0, 0.05) is 13.6 Å². The van der Waals surface area contributed by atoms with Crippen molar-refractivity contribution >= 4 is 23.6 Å². The van der Waals surface area contributed by atoms with E-state index in [-0.39, 0.29) is 18.4 Å². The van der Waals surface area contributed by atoms with Gasteiger partial charge in [0.05, 0.1) is 11.6 Å². The van der Waals surface area contributed by atoms with Gasteiger partial charge in [0.1, 0.15) is 6.54 Å². The van der Waals surface area contributed by atoms with E-state index in [1.54, 1.807) is 28.6 Å². The Morgan fingerprint density at radius 2 is 1.75 bits per heavy atom. The van der Waals surface area contributed by atoms with Crippen molar-refractivity contribution in [2.24, 2.45) is 0 Å². The highest BCUT2D eigenvalue weighted by atomic mass is 32.2. The summed E-state index contributed by atoms with van der Waals surface area (Å²) < 4.78 is 0. The fourth-order valence-electron chi connectivity index (χ4n) is 2.62. The summed E-state index contributed by atoms with van der Waals surface area (Å²) in [7, 11) is 1.78. The number of hydrogen-bond donors (Lipinski definition) is 0. The number of rotatable bonds is 5. The number of benzene rings is 2. The van der Waals surface area contributed by atoms with Crippen LogP contribution in [0.25, 0.3) is 11.1 Å². The van der Waals surface area contributed by atoms with Crippen LogP contribution in [0.1, 0.15) is 5.56 Å². The highest BCUT2D eigenvalue weighted by molar-refractivity contribution is 8.00. The summed E-state index contributed by atoms with van der Waals surface area (Å²) in [5.41, 5.74) is 3.42. The van der Waals surface area contributed by atoms with Gasteiger partial charge in [-0.25, -0.2) is 0 Å². The third kappa shape index (κ3) is 3.97. The summed E-state index contributed by atoms with van der Waals surface area (Å²) >= 11 is 1.55. The van der Waals surface area contributed by atoms with Crippen LogP contribution in [0.5, 0.6) is 0 Å². The number of hydrogen-bond acceptors (Lipinski definition) is 3. The molecule has 0 N–H and O–H groups in total. The Morgan fingerprint density at radius 1 is 1.08 bits per heavy atom. The molecule has 0 aromatic heterocycles. The first-order valence-corrected chi connectivity index (χ1v) is 9.03. The highest BCUT2D eigenvalue weighted by Gasteiger charge is 2.24. The van der Waals surface area contributed by atoms with E-state index in [2.05, 4.69) is 24.3 Å². The lowest BCUT2D eigenvalue weighted by Gasteiger charge is -2.21. The predicted molar refractivity (Wildman–Crippen MR) is 97.4 cm³/mol. The maximum Gasteiger partial charge on any atom is 0.242 e. The highest BCUT2D eigenvalue weighted by Crippen LogP contribution is 2.20. The van der Waals surface area contributed by atoms with Gasteiger partial charge in [-0.1, -0.05) is 54.6 Å². The summed E-state index contributed by atoms with van der Waals surface area (Å²) in [5.74, 6) is 1.12. The van der Waals surface area contributed by atoms with Crippen LogP contribution in [0, 0.1) is 0 Å². The Morgan fingerprint density at radius 3 is 2.38 bits per heavy atom. The lowest BCUT2D eigenvalue weighted by atomic mass is 10.0. The van der Waals surface area contributed by atoms with Gasteiger partial charge < -0.3 is 9.80 Å². The van der Waals surface area contributed by atoms with Crippen molar-refractivity contribution in [2.45, 2.75) is 6.54 Å². The maximum atomic E-state index is 12.3. The number of amides is 2. The molecule has 2 aromatic carbocycles. The molecule has 2 aromatic rings. The van der Waals surface area contributed by atoms with Gasteiger partial charge in [0.15, 0.2) is 0 Å². The van der Waals surface area contributed by atoms with Gasteiger partial charge in [-0.3, -0.25) is 9.59 Å². The molecule has 1 aliphatic rings. The number of nitrogens with zero attached hydrogens (tertiary/aromatic N) is 2. The van der Waals surface area contributed by atoms with Crippen LogP contribution in [0.15, 0.2) is 54.6 Å². The van der Waals surface area contributed by atoms with E-state index in [1.165, 1.54) is 5.56 Å². The maximum absolute atomic E-state index is 12.3. The third-order valence-electron chi connectivity index (χ3n) is 4.06. The van der Waals surface area contributed by atoms with Crippen LogP contribution < -0.4 is 0 Å². The van der Waals surface area contributed by atoms with Crippen LogP contribution in [0.4, 0.5) is 0 Å². The molecule has 0 spiro atoms. The van der Waals surface area contributed by atoms with Crippen molar-refractivity contribution in [1.82, 2.24) is 9.80 Å². The molecule has 4 nitrogen and oxygen atoms in total. The van der Waals surface area contributed by atoms with Crippen LogP contribution in [-0.4, -0.2) is 46.8 Å². The first kappa shape index (κ1) is 16.6. The first-order chi connectivity index (χ1) is 11.6. The molecular formula is C19H20N2O2S. The summed E-state index contributed by atoms with van der Waals surface area (Å²) in [6.07, 6.45) is 0. The summed E-state index contributed by atoms with van der Waals surface area (Å²) in [6.45, 7) is 0.716. The molecule has 0 radical (unpaired) electrons. The van der Waals surface area contributed by atoms with E-state index in [1.807, 2.05) is 30.3 Å². The molecule has 0 unspecified atom stereocenters. The number of carbonyl (C=O) groups is 2. The predicted octanol–water partition coefficient (Wildman–Crippen LogP) is 2.84. The molecule has 0 bridgehead atoms. The Hall–Kier alpha value is -2.27. The molecule has 0 aliphatic carbocycles. The van der Waals surface area contributed by atoms with Gasteiger partial charge in [0.2, 0.25) is 11.8 Å². The molecule has 1 saturated heterocycles. The first-order valence-electron chi connectivity index (χ1n) is 7.87. The van der Waals surface area contributed by atoms with E-state index in [9.17, 15) is 9.59 Å². The average molecular weight is 340 g/mol. The standard InChI is InChI=1S/C19H20N2O2S/c1-20(18(22)12-21-14-24-13-19(21)23)11-15-7-9-17(10-8-15)16-5-3-2-4-6-16/h2-10H,11-14H2,1H3.